The fourth-order valence-corrected chi connectivity index (χ4v) is 6.11. The largest absolute Gasteiger partial charge is 0.454 e. The predicted molar refractivity (Wildman–Crippen MR) is 97.6 cm³/mol. The van der Waals surface area contributed by atoms with E-state index in [0.717, 1.165) is 11.5 Å². The SMILES string of the molecule is CC(C)N(c1cc2c(cc1C1SCCCS1)OCO2)C(C)C. The summed E-state index contributed by atoms with van der Waals surface area (Å²) in [6.07, 6.45) is 1.31. The standard InChI is InChI=1S/C17H25NO2S2/c1-11(2)18(12(3)4)14-9-16-15(19-10-20-16)8-13(14)17-21-6-5-7-22-17/h8-9,11-12,17H,5-7,10H2,1-4H3. The summed E-state index contributed by atoms with van der Waals surface area (Å²) in [6, 6.07) is 5.31. The summed E-state index contributed by atoms with van der Waals surface area (Å²) >= 11 is 4.11. The number of nitrogens with zero attached hydrogens (tertiary/aromatic N) is 1. The number of rotatable bonds is 4. The van der Waals surface area contributed by atoms with Gasteiger partial charge < -0.3 is 14.4 Å². The summed E-state index contributed by atoms with van der Waals surface area (Å²) in [5.41, 5.74) is 2.70. The topological polar surface area (TPSA) is 21.7 Å². The van der Waals surface area contributed by atoms with Crippen molar-refractivity contribution >= 4 is 29.2 Å². The maximum absolute atomic E-state index is 5.63. The fourth-order valence-electron chi connectivity index (χ4n) is 3.18. The summed E-state index contributed by atoms with van der Waals surface area (Å²) < 4.78 is 11.8. The number of benzene rings is 1. The lowest BCUT2D eigenvalue weighted by Gasteiger charge is -2.36. The number of ether oxygens (including phenoxy) is 2. The van der Waals surface area contributed by atoms with Crippen LogP contribution in [0.3, 0.4) is 0 Å². The quantitative estimate of drug-likeness (QED) is 0.775. The van der Waals surface area contributed by atoms with E-state index in [4.69, 9.17) is 9.47 Å². The third kappa shape index (κ3) is 3.16. The highest BCUT2D eigenvalue weighted by molar-refractivity contribution is 8.16. The molecule has 0 aromatic heterocycles. The van der Waals surface area contributed by atoms with Gasteiger partial charge in [0, 0.05) is 29.4 Å². The van der Waals surface area contributed by atoms with Crippen LogP contribution in [0.2, 0.25) is 0 Å². The molecule has 0 amide bonds. The summed E-state index contributed by atoms with van der Waals surface area (Å²) in [5.74, 6) is 4.28. The maximum Gasteiger partial charge on any atom is 0.231 e. The lowest BCUT2D eigenvalue weighted by atomic mass is 10.1. The van der Waals surface area contributed by atoms with Gasteiger partial charge in [-0.1, -0.05) is 0 Å². The van der Waals surface area contributed by atoms with Crippen molar-refractivity contribution in [3.63, 3.8) is 0 Å². The smallest absolute Gasteiger partial charge is 0.231 e. The van der Waals surface area contributed by atoms with E-state index < -0.39 is 0 Å². The first-order valence-corrected chi connectivity index (χ1v) is 10.1. The van der Waals surface area contributed by atoms with Crippen LogP contribution >= 0.6 is 23.5 Å². The third-order valence-electron chi connectivity index (χ3n) is 3.99. The fraction of sp³-hybridized carbons (Fsp3) is 0.647. The first-order chi connectivity index (χ1) is 10.6. The van der Waals surface area contributed by atoms with Crippen LogP contribution in [0, 0.1) is 0 Å². The van der Waals surface area contributed by atoms with Crippen molar-refractivity contribution in [2.75, 3.05) is 23.2 Å². The Bertz CT molecular complexity index is 520. The third-order valence-corrected chi connectivity index (χ3v) is 6.97. The molecule has 0 aliphatic carbocycles. The lowest BCUT2D eigenvalue weighted by molar-refractivity contribution is 0.174. The number of hydrogen-bond donors (Lipinski definition) is 0. The average molecular weight is 340 g/mol. The number of thioether (sulfide) groups is 2. The Morgan fingerprint density at radius 3 is 2.18 bits per heavy atom. The first kappa shape index (κ1) is 16.2. The van der Waals surface area contributed by atoms with Gasteiger partial charge in [0.05, 0.1) is 4.58 Å². The molecule has 1 aromatic carbocycles. The van der Waals surface area contributed by atoms with Crippen LogP contribution in [0.15, 0.2) is 12.1 Å². The van der Waals surface area contributed by atoms with Gasteiger partial charge in [0.2, 0.25) is 6.79 Å². The van der Waals surface area contributed by atoms with E-state index in [2.05, 4.69) is 68.3 Å². The van der Waals surface area contributed by atoms with E-state index in [1.165, 1.54) is 29.2 Å². The van der Waals surface area contributed by atoms with Gasteiger partial charge in [0.1, 0.15) is 0 Å². The monoisotopic (exact) mass is 339 g/mol. The zero-order valence-corrected chi connectivity index (χ0v) is 15.4. The van der Waals surface area contributed by atoms with Crippen LogP contribution in [0.25, 0.3) is 0 Å². The molecule has 22 heavy (non-hydrogen) atoms. The molecule has 1 aromatic rings. The molecule has 2 aliphatic rings. The van der Waals surface area contributed by atoms with Gasteiger partial charge in [-0.3, -0.25) is 0 Å². The van der Waals surface area contributed by atoms with Gasteiger partial charge in [-0.05, 0) is 51.7 Å². The van der Waals surface area contributed by atoms with E-state index >= 15 is 0 Å². The zero-order valence-electron chi connectivity index (χ0n) is 13.8. The second-order valence-electron chi connectivity index (χ2n) is 6.29. The van der Waals surface area contributed by atoms with Crippen LogP contribution in [0.4, 0.5) is 5.69 Å². The average Bonchev–Trinajstić information content (AvgIpc) is 2.94. The Labute approximate surface area is 142 Å². The molecule has 5 heteroatoms. The minimum absolute atomic E-state index is 0.340. The van der Waals surface area contributed by atoms with Gasteiger partial charge >= 0.3 is 0 Å². The zero-order chi connectivity index (χ0) is 15.7. The molecule has 0 saturated carbocycles. The van der Waals surface area contributed by atoms with E-state index in [-0.39, 0.29) is 0 Å². The van der Waals surface area contributed by atoms with Crippen molar-refractivity contribution in [1.82, 2.24) is 0 Å². The van der Waals surface area contributed by atoms with Crippen LogP contribution in [0.1, 0.15) is 44.3 Å². The summed E-state index contributed by atoms with van der Waals surface area (Å²) in [4.78, 5) is 2.49. The molecule has 0 atom stereocenters. The van der Waals surface area contributed by atoms with Gasteiger partial charge in [0.25, 0.3) is 0 Å². The molecule has 0 spiro atoms. The second kappa shape index (κ2) is 6.83. The lowest BCUT2D eigenvalue weighted by Crippen LogP contribution is -2.37. The Kier molecular flexibility index (Phi) is 5.03. The van der Waals surface area contributed by atoms with Crippen molar-refractivity contribution in [3.8, 4) is 11.5 Å². The molecule has 1 fully saturated rings. The Balaban J connectivity index is 2.05. The first-order valence-electron chi connectivity index (χ1n) is 8.03. The number of anilines is 1. The van der Waals surface area contributed by atoms with Gasteiger partial charge in [0.15, 0.2) is 11.5 Å². The number of fused-ring (bicyclic) bond motifs is 1. The maximum atomic E-state index is 5.63. The Morgan fingerprint density at radius 2 is 1.59 bits per heavy atom. The minimum atomic E-state index is 0.340. The molecular formula is C17H25NO2S2. The molecule has 3 rings (SSSR count). The van der Waals surface area contributed by atoms with E-state index in [0.29, 0.717) is 23.5 Å². The normalized spacial score (nSPS) is 18.3. The van der Waals surface area contributed by atoms with Crippen molar-refractivity contribution in [1.29, 1.82) is 0 Å². The van der Waals surface area contributed by atoms with Crippen LogP contribution in [-0.4, -0.2) is 30.4 Å². The Hall–Kier alpha value is -0.680. The van der Waals surface area contributed by atoms with E-state index in [1.54, 1.807) is 0 Å². The van der Waals surface area contributed by atoms with Gasteiger partial charge in [-0.25, -0.2) is 0 Å². The molecule has 0 unspecified atom stereocenters. The van der Waals surface area contributed by atoms with Crippen molar-refractivity contribution in [2.24, 2.45) is 0 Å². The molecule has 0 bridgehead atoms. The van der Waals surface area contributed by atoms with Crippen molar-refractivity contribution in [2.45, 2.75) is 50.8 Å². The molecule has 2 aliphatic heterocycles. The Morgan fingerprint density at radius 1 is 1.00 bits per heavy atom. The predicted octanol–water partition coefficient (Wildman–Crippen LogP) is 4.91. The molecule has 0 radical (unpaired) electrons. The van der Waals surface area contributed by atoms with E-state index in [1.807, 2.05) is 0 Å². The van der Waals surface area contributed by atoms with Crippen LogP contribution in [0.5, 0.6) is 11.5 Å². The van der Waals surface area contributed by atoms with Crippen LogP contribution in [-0.2, 0) is 0 Å². The highest BCUT2D eigenvalue weighted by Gasteiger charge is 2.28. The molecule has 0 N–H and O–H groups in total. The molecule has 122 valence electrons. The molecule has 2 heterocycles. The van der Waals surface area contributed by atoms with Crippen molar-refractivity contribution in [3.05, 3.63) is 17.7 Å². The van der Waals surface area contributed by atoms with Gasteiger partial charge in [-0.15, -0.1) is 23.5 Å². The van der Waals surface area contributed by atoms with Gasteiger partial charge in [-0.2, -0.15) is 0 Å². The summed E-state index contributed by atoms with van der Waals surface area (Å²) in [5, 5.41) is 0. The van der Waals surface area contributed by atoms with E-state index in [9.17, 15) is 0 Å². The molecular weight excluding hydrogens is 314 g/mol. The minimum Gasteiger partial charge on any atom is -0.454 e. The highest BCUT2D eigenvalue weighted by atomic mass is 32.2. The highest BCUT2D eigenvalue weighted by Crippen LogP contribution is 2.51. The molecule has 3 nitrogen and oxygen atoms in total. The van der Waals surface area contributed by atoms with Crippen LogP contribution < -0.4 is 14.4 Å². The summed E-state index contributed by atoms with van der Waals surface area (Å²) in [7, 11) is 0. The second-order valence-corrected chi connectivity index (χ2v) is 9.01. The molecule has 1 saturated heterocycles. The number of hydrogen-bond acceptors (Lipinski definition) is 5. The van der Waals surface area contributed by atoms with Crippen molar-refractivity contribution < 1.29 is 9.47 Å². The summed E-state index contributed by atoms with van der Waals surface area (Å²) in [6.45, 7) is 9.38.